The third kappa shape index (κ3) is 6.12. The van der Waals surface area contributed by atoms with E-state index in [2.05, 4.69) is 194 Å². The second-order valence-corrected chi connectivity index (χ2v) is 18.4. The third-order valence-electron chi connectivity index (χ3n) is 12.5. The van der Waals surface area contributed by atoms with Gasteiger partial charge in [-0.1, -0.05) is 188 Å². The van der Waals surface area contributed by atoms with E-state index in [1.54, 1.807) is 0 Å². The Bertz CT molecular complexity index is 3940. The molecule has 13 rings (SSSR count). The summed E-state index contributed by atoms with van der Waals surface area (Å²) < 4.78 is 5.12. The van der Waals surface area contributed by atoms with E-state index in [-0.39, 0.29) is 0 Å². The van der Waals surface area contributed by atoms with Crippen molar-refractivity contribution in [2.45, 2.75) is 0 Å². The zero-order valence-corrected chi connectivity index (χ0v) is 36.0. The molecule has 0 aliphatic rings. The molecule has 0 aliphatic heterocycles. The van der Waals surface area contributed by atoms with E-state index in [1.807, 2.05) is 40.9 Å². The Balaban J connectivity index is 0.888. The lowest BCUT2D eigenvalue weighted by Crippen LogP contribution is -1.96. The van der Waals surface area contributed by atoms with E-state index in [4.69, 9.17) is 15.0 Å². The first-order valence-corrected chi connectivity index (χ1v) is 23.1. The molecule has 0 bridgehead atoms. The third-order valence-corrected chi connectivity index (χ3v) is 14.9. The number of benzene rings is 9. The predicted octanol–water partition coefficient (Wildman–Crippen LogP) is 16.9. The molecule has 0 unspecified atom stereocenters. The normalized spacial score (nSPS) is 11.8. The van der Waals surface area contributed by atoms with Gasteiger partial charge in [-0.3, -0.25) is 0 Å². The van der Waals surface area contributed by atoms with Gasteiger partial charge in [-0.25, -0.2) is 15.0 Å². The van der Waals surface area contributed by atoms with Gasteiger partial charge in [0.15, 0.2) is 5.82 Å². The highest BCUT2D eigenvalue weighted by Gasteiger charge is 2.19. The number of nitrogens with zero attached hydrogens (tertiary/aromatic N) is 3. The van der Waals surface area contributed by atoms with Crippen molar-refractivity contribution in [1.29, 1.82) is 0 Å². The van der Waals surface area contributed by atoms with E-state index in [1.165, 1.54) is 67.6 Å². The molecule has 0 amide bonds. The van der Waals surface area contributed by atoms with E-state index in [0.717, 1.165) is 56.0 Å². The molecule has 3 nitrogen and oxygen atoms in total. The highest BCUT2D eigenvalue weighted by Crippen LogP contribution is 2.45. The predicted molar refractivity (Wildman–Crippen MR) is 273 cm³/mol. The molecule has 0 saturated carbocycles. The number of aromatic nitrogens is 3. The van der Waals surface area contributed by atoms with Gasteiger partial charge in [-0.2, -0.15) is 0 Å². The van der Waals surface area contributed by atoms with Crippen molar-refractivity contribution in [1.82, 2.24) is 15.0 Å². The molecular formula is C59H35N3S2. The fraction of sp³-hybridized carbons (Fsp3) is 0. The summed E-state index contributed by atoms with van der Waals surface area (Å²) in [6.45, 7) is 0. The summed E-state index contributed by atoms with van der Waals surface area (Å²) >= 11 is 3.69. The fourth-order valence-corrected chi connectivity index (χ4v) is 11.8. The summed E-state index contributed by atoms with van der Waals surface area (Å²) in [7, 11) is 0. The first-order chi connectivity index (χ1) is 31.7. The Labute approximate surface area is 377 Å². The molecule has 5 heteroatoms. The van der Waals surface area contributed by atoms with Crippen LogP contribution >= 0.6 is 22.7 Å². The highest BCUT2D eigenvalue weighted by molar-refractivity contribution is 7.26. The van der Waals surface area contributed by atoms with E-state index < -0.39 is 0 Å². The van der Waals surface area contributed by atoms with Crippen LogP contribution in [-0.4, -0.2) is 15.0 Å². The number of hydrogen-bond acceptors (Lipinski definition) is 5. The number of hydrogen-bond donors (Lipinski definition) is 0. The Kier molecular flexibility index (Phi) is 8.58. The molecule has 4 heterocycles. The van der Waals surface area contributed by atoms with E-state index in [0.29, 0.717) is 5.82 Å². The first-order valence-electron chi connectivity index (χ1n) is 21.5. The van der Waals surface area contributed by atoms with Crippen LogP contribution in [0, 0.1) is 0 Å². The van der Waals surface area contributed by atoms with Gasteiger partial charge >= 0.3 is 0 Å². The first kappa shape index (κ1) is 36.8. The van der Waals surface area contributed by atoms with Crippen LogP contribution in [0.3, 0.4) is 0 Å². The van der Waals surface area contributed by atoms with Crippen molar-refractivity contribution in [3.8, 4) is 67.4 Å². The lowest BCUT2D eigenvalue weighted by Gasteiger charge is -2.12. The van der Waals surface area contributed by atoms with Gasteiger partial charge in [0.25, 0.3) is 0 Å². The van der Waals surface area contributed by atoms with Crippen LogP contribution in [0.4, 0.5) is 0 Å². The molecule has 0 spiro atoms. The SMILES string of the molecule is c1ccc(-c2nc(-c3ccc(-c4ccc5c(c4)nc(-c4cccc6ccccc46)c4sc6ccccc6c45)cc3)cc(-c3ccc(-c4cccc5c4sc4ccccc45)cc3)n2)cc1. The molecule has 0 saturated heterocycles. The molecule has 64 heavy (non-hydrogen) atoms. The van der Waals surface area contributed by atoms with Crippen LogP contribution in [0.15, 0.2) is 212 Å². The summed E-state index contributed by atoms with van der Waals surface area (Å²) in [5, 5.41) is 8.75. The van der Waals surface area contributed by atoms with Crippen LogP contribution in [0.1, 0.15) is 0 Å². The van der Waals surface area contributed by atoms with E-state index >= 15 is 0 Å². The summed E-state index contributed by atoms with van der Waals surface area (Å²) in [6.07, 6.45) is 0. The lowest BCUT2D eigenvalue weighted by atomic mass is 9.97. The van der Waals surface area contributed by atoms with Crippen molar-refractivity contribution >= 4 is 84.7 Å². The quantitative estimate of drug-likeness (QED) is 0.167. The van der Waals surface area contributed by atoms with Crippen molar-refractivity contribution in [2.75, 3.05) is 0 Å². The molecular weight excluding hydrogens is 815 g/mol. The molecule has 4 aromatic heterocycles. The molecule has 0 aliphatic carbocycles. The topological polar surface area (TPSA) is 38.7 Å². The van der Waals surface area contributed by atoms with Gasteiger partial charge in [0.2, 0.25) is 0 Å². The van der Waals surface area contributed by atoms with Crippen LogP contribution < -0.4 is 0 Å². The zero-order chi connectivity index (χ0) is 42.1. The van der Waals surface area contributed by atoms with Gasteiger partial charge in [0.1, 0.15) is 0 Å². The van der Waals surface area contributed by atoms with Gasteiger partial charge < -0.3 is 0 Å². The molecule has 298 valence electrons. The van der Waals surface area contributed by atoms with Gasteiger partial charge in [0.05, 0.1) is 27.3 Å². The number of fused-ring (bicyclic) bond motifs is 9. The number of pyridine rings is 1. The summed E-state index contributed by atoms with van der Waals surface area (Å²) in [5.74, 6) is 0.700. The monoisotopic (exact) mass is 849 g/mol. The average Bonchev–Trinajstić information content (AvgIpc) is 3.96. The minimum Gasteiger partial charge on any atom is -0.246 e. The maximum Gasteiger partial charge on any atom is 0.160 e. The van der Waals surface area contributed by atoms with E-state index in [9.17, 15) is 0 Å². The van der Waals surface area contributed by atoms with Gasteiger partial charge in [-0.15, -0.1) is 22.7 Å². The van der Waals surface area contributed by atoms with Crippen LogP contribution in [0.5, 0.6) is 0 Å². The highest BCUT2D eigenvalue weighted by atomic mass is 32.1. The summed E-state index contributed by atoms with van der Waals surface area (Å²) in [4.78, 5) is 15.8. The van der Waals surface area contributed by atoms with Crippen LogP contribution in [-0.2, 0) is 0 Å². The second-order valence-electron chi connectivity index (χ2n) is 16.3. The summed E-state index contributed by atoms with van der Waals surface area (Å²) in [6, 6.07) is 75.9. The standard InChI is InChI=1S/C59H35N3S2/c1-2-13-41(14-3-1)59-61-50(35-51(62-59)40-30-26-38(27-31-40)44-19-11-21-47-45-17-6-8-22-53(45)63-57(44)47)39-28-24-36(25-29-39)42-32-33-48-52(34-42)60-56(46-20-10-15-37-12-4-5-16-43(37)46)58-55(48)49-18-7-9-23-54(49)64-58/h1-35H. The van der Waals surface area contributed by atoms with Crippen molar-refractivity contribution in [3.63, 3.8) is 0 Å². The second kappa shape index (κ2) is 14.9. The summed E-state index contributed by atoms with van der Waals surface area (Å²) in [5.41, 5.74) is 12.7. The largest absolute Gasteiger partial charge is 0.246 e. The maximum atomic E-state index is 5.49. The van der Waals surface area contributed by atoms with Gasteiger partial charge in [0, 0.05) is 63.3 Å². The molecule has 0 radical (unpaired) electrons. The van der Waals surface area contributed by atoms with Gasteiger partial charge in [-0.05, 0) is 57.3 Å². The Hall–Kier alpha value is -7.83. The van der Waals surface area contributed by atoms with Crippen molar-refractivity contribution < 1.29 is 0 Å². The van der Waals surface area contributed by atoms with Crippen LogP contribution in [0.25, 0.3) is 129 Å². The minimum atomic E-state index is 0.700. The van der Waals surface area contributed by atoms with Crippen LogP contribution in [0.2, 0.25) is 0 Å². The molecule has 9 aromatic carbocycles. The molecule has 13 aromatic rings. The zero-order valence-electron chi connectivity index (χ0n) is 34.4. The maximum absolute atomic E-state index is 5.49. The average molecular weight is 850 g/mol. The number of thiophene rings is 2. The van der Waals surface area contributed by atoms with Crippen molar-refractivity contribution in [2.24, 2.45) is 0 Å². The Morgan fingerprint density at radius 1 is 0.312 bits per heavy atom. The molecule has 0 N–H and O–H groups in total. The molecule has 0 fully saturated rings. The Morgan fingerprint density at radius 2 is 0.875 bits per heavy atom. The van der Waals surface area contributed by atoms with Crippen molar-refractivity contribution in [3.05, 3.63) is 212 Å². The molecule has 0 atom stereocenters. The minimum absolute atomic E-state index is 0.700. The number of rotatable bonds is 6. The lowest BCUT2D eigenvalue weighted by molar-refractivity contribution is 1.18. The smallest absolute Gasteiger partial charge is 0.160 e. The Morgan fingerprint density at radius 3 is 1.66 bits per heavy atom. The fourth-order valence-electron chi connectivity index (χ4n) is 9.37.